The molecule has 1 aliphatic heterocycles. The number of anilines is 1. The SMILES string of the molecule is CCCCNC(=O)[C@@H]1Cc2ccccc2N1C(=O)c1ccccc1. The normalized spacial score (nSPS) is 15.9. The summed E-state index contributed by atoms with van der Waals surface area (Å²) in [5, 5.41) is 2.96. The highest BCUT2D eigenvalue weighted by Crippen LogP contribution is 2.33. The Morgan fingerprint density at radius 2 is 1.79 bits per heavy atom. The predicted octanol–water partition coefficient (Wildman–Crippen LogP) is 3.17. The number of amides is 2. The van der Waals surface area contributed by atoms with Crippen molar-refractivity contribution in [1.82, 2.24) is 5.32 Å². The summed E-state index contributed by atoms with van der Waals surface area (Å²) in [5.74, 6) is -0.208. The molecule has 2 aromatic rings. The number of unbranched alkanes of at least 4 members (excludes halogenated alkanes) is 1. The van der Waals surface area contributed by atoms with Crippen molar-refractivity contribution in [3.05, 3.63) is 65.7 Å². The van der Waals surface area contributed by atoms with Gasteiger partial charge in [-0.05, 0) is 30.2 Å². The highest BCUT2D eigenvalue weighted by molar-refractivity contribution is 6.11. The Labute approximate surface area is 142 Å². The molecule has 4 heteroatoms. The zero-order valence-corrected chi connectivity index (χ0v) is 13.9. The molecule has 124 valence electrons. The third-order valence-corrected chi connectivity index (χ3v) is 4.35. The second-order valence-corrected chi connectivity index (χ2v) is 6.03. The molecule has 4 nitrogen and oxygen atoms in total. The van der Waals surface area contributed by atoms with Gasteiger partial charge in [0, 0.05) is 24.2 Å². The highest BCUT2D eigenvalue weighted by Gasteiger charge is 2.38. The molecule has 1 atom stereocenters. The molecule has 0 radical (unpaired) electrons. The van der Waals surface area contributed by atoms with E-state index in [-0.39, 0.29) is 11.8 Å². The summed E-state index contributed by atoms with van der Waals surface area (Å²) in [7, 11) is 0. The van der Waals surface area contributed by atoms with Gasteiger partial charge in [0.05, 0.1) is 0 Å². The molecule has 0 saturated heterocycles. The molecule has 0 spiro atoms. The van der Waals surface area contributed by atoms with Crippen LogP contribution in [0, 0.1) is 0 Å². The van der Waals surface area contributed by atoms with Crippen molar-refractivity contribution in [2.45, 2.75) is 32.2 Å². The number of benzene rings is 2. The Balaban J connectivity index is 1.89. The largest absolute Gasteiger partial charge is 0.354 e. The average molecular weight is 322 g/mol. The van der Waals surface area contributed by atoms with Crippen LogP contribution in [0.3, 0.4) is 0 Å². The number of fused-ring (bicyclic) bond motifs is 1. The minimum atomic E-state index is -0.480. The fourth-order valence-electron chi connectivity index (χ4n) is 3.07. The Kier molecular flexibility index (Phi) is 4.94. The van der Waals surface area contributed by atoms with E-state index in [1.165, 1.54) is 0 Å². The quantitative estimate of drug-likeness (QED) is 0.860. The van der Waals surface area contributed by atoms with Crippen LogP contribution in [0.5, 0.6) is 0 Å². The summed E-state index contributed by atoms with van der Waals surface area (Å²) in [6.45, 7) is 2.73. The number of carbonyl (C=O) groups is 2. The van der Waals surface area contributed by atoms with Crippen LogP contribution in [0.4, 0.5) is 5.69 Å². The zero-order chi connectivity index (χ0) is 16.9. The third kappa shape index (κ3) is 3.18. The zero-order valence-electron chi connectivity index (χ0n) is 13.9. The van der Waals surface area contributed by atoms with E-state index in [1.807, 2.05) is 42.5 Å². The van der Waals surface area contributed by atoms with E-state index in [4.69, 9.17) is 0 Å². The summed E-state index contributed by atoms with van der Waals surface area (Å²) in [6.07, 6.45) is 2.53. The van der Waals surface area contributed by atoms with E-state index >= 15 is 0 Å². The van der Waals surface area contributed by atoms with Crippen molar-refractivity contribution < 1.29 is 9.59 Å². The van der Waals surface area contributed by atoms with Gasteiger partial charge in [-0.3, -0.25) is 14.5 Å². The van der Waals surface area contributed by atoms with Crippen LogP contribution < -0.4 is 10.2 Å². The molecular formula is C20H22N2O2. The van der Waals surface area contributed by atoms with Crippen molar-refractivity contribution in [2.24, 2.45) is 0 Å². The lowest BCUT2D eigenvalue weighted by Gasteiger charge is -2.25. The van der Waals surface area contributed by atoms with Crippen molar-refractivity contribution >= 4 is 17.5 Å². The van der Waals surface area contributed by atoms with Gasteiger partial charge in [-0.25, -0.2) is 0 Å². The Hall–Kier alpha value is -2.62. The van der Waals surface area contributed by atoms with Gasteiger partial charge in [0.15, 0.2) is 0 Å². The first-order valence-electron chi connectivity index (χ1n) is 8.46. The lowest BCUT2D eigenvalue weighted by molar-refractivity contribution is -0.122. The molecular weight excluding hydrogens is 300 g/mol. The van der Waals surface area contributed by atoms with E-state index in [2.05, 4.69) is 12.2 Å². The van der Waals surface area contributed by atoms with Crippen molar-refractivity contribution in [1.29, 1.82) is 0 Å². The summed E-state index contributed by atoms with van der Waals surface area (Å²) in [6, 6.07) is 16.4. The number of rotatable bonds is 5. The Morgan fingerprint density at radius 3 is 2.54 bits per heavy atom. The highest BCUT2D eigenvalue weighted by atomic mass is 16.2. The van der Waals surface area contributed by atoms with E-state index in [0.717, 1.165) is 24.1 Å². The lowest BCUT2D eigenvalue weighted by atomic mass is 10.1. The first-order chi connectivity index (χ1) is 11.7. The molecule has 0 unspecified atom stereocenters. The molecule has 1 heterocycles. The molecule has 0 saturated carbocycles. The number of carbonyl (C=O) groups excluding carboxylic acids is 2. The second-order valence-electron chi connectivity index (χ2n) is 6.03. The van der Waals surface area contributed by atoms with Crippen LogP contribution in [0.15, 0.2) is 54.6 Å². The maximum absolute atomic E-state index is 13.0. The number of nitrogens with one attached hydrogen (secondary N) is 1. The molecule has 0 aromatic heterocycles. The minimum Gasteiger partial charge on any atom is -0.354 e. The lowest BCUT2D eigenvalue weighted by Crippen LogP contribution is -2.48. The summed E-state index contributed by atoms with van der Waals surface area (Å²) in [5.41, 5.74) is 2.47. The van der Waals surface area contributed by atoms with E-state index in [0.29, 0.717) is 18.5 Å². The fraction of sp³-hybridized carbons (Fsp3) is 0.300. The molecule has 0 bridgehead atoms. The molecule has 0 fully saturated rings. The van der Waals surface area contributed by atoms with E-state index < -0.39 is 6.04 Å². The minimum absolute atomic E-state index is 0.0797. The summed E-state index contributed by atoms with van der Waals surface area (Å²) < 4.78 is 0. The molecule has 2 amide bonds. The number of nitrogens with zero attached hydrogens (tertiary/aromatic N) is 1. The van der Waals surface area contributed by atoms with Crippen molar-refractivity contribution in [3.63, 3.8) is 0 Å². The van der Waals surface area contributed by atoms with Crippen LogP contribution in [0.2, 0.25) is 0 Å². The van der Waals surface area contributed by atoms with Crippen molar-refractivity contribution in [2.75, 3.05) is 11.4 Å². The standard InChI is InChI=1S/C20H22N2O2/c1-2-3-13-21-19(23)18-14-16-11-7-8-12-17(16)22(18)20(24)15-9-5-4-6-10-15/h4-12,18H,2-3,13-14H2,1H3,(H,21,23)/t18-/m0/s1. The second kappa shape index (κ2) is 7.30. The van der Waals surface area contributed by atoms with Gasteiger partial charge in [0.1, 0.15) is 6.04 Å². The monoisotopic (exact) mass is 322 g/mol. The van der Waals surface area contributed by atoms with Gasteiger partial charge in [-0.1, -0.05) is 49.7 Å². The molecule has 1 aliphatic rings. The molecule has 24 heavy (non-hydrogen) atoms. The maximum atomic E-state index is 13.0. The van der Waals surface area contributed by atoms with Gasteiger partial charge >= 0.3 is 0 Å². The average Bonchev–Trinajstić information content (AvgIpc) is 3.01. The van der Waals surface area contributed by atoms with Crippen molar-refractivity contribution in [3.8, 4) is 0 Å². The predicted molar refractivity (Wildman–Crippen MR) is 95.1 cm³/mol. The van der Waals surface area contributed by atoms with Crippen LogP contribution in [-0.2, 0) is 11.2 Å². The van der Waals surface area contributed by atoms with Crippen LogP contribution in [-0.4, -0.2) is 24.4 Å². The summed E-state index contributed by atoms with van der Waals surface area (Å²) in [4.78, 5) is 27.3. The smallest absolute Gasteiger partial charge is 0.259 e. The van der Waals surface area contributed by atoms with Gasteiger partial charge < -0.3 is 5.32 Å². The molecule has 1 N–H and O–H groups in total. The first-order valence-corrected chi connectivity index (χ1v) is 8.46. The first kappa shape index (κ1) is 16.2. The number of hydrogen-bond donors (Lipinski definition) is 1. The van der Waals surface area contributed by atoms with Crippen LogP contribution >= 0.6 is 0 Å². The molecule has 3 rings (SSSR count). The van der Waals surface area contributed by atoms with Gasteiger partial charge in [-0.15, -0.1) is 0 Å². The molecule has 2 aromatic carbocycles. The van der Waals surface area contributed by atoms with Crippen LogP contribution in [0.1, 0.15) is 35.7 Å². The maximum Gasteiger partial charge on any atom is 0.259 e. The van der Waals surface area contributed by atoms with Gasteiger partial charge in [-0.2, -0.15) is 0 Å². The topological polar surface area (TPSA) is 49.4 Å². The molecule has 0 aliphatic carbocycles. The Bertz CT molecular complexity index is 727. The Morgan fingerprint density at radius 1 is 1.08 bits per heavy atom. The van der Waals surface area contributed by atoms with Crippen LogP contribution in [0.25, 0.3) is 0 Å². The van der Waals surface area contributed by atoms with E-state index in [1.54, 1.807) is 17.0 Å². The number of para-hydroxylation sites is 1. The fourth-order valence-corrected chi connectivity index (χ4v) is 3.07. The number of hydrogen-bond acceptors (Lipinski definition) is 2. The van der Waals surface area contributed by atoms with Gasteiger partial charge in [0.2, 0.25) is 5.91 Å². The summed E-state index contributed by atoms with van der Waals surface area (Å²) >= 11 is 0. The van der Waals surface area contributed by atoms with E-state index in [9.17, 15) is 9.59 Å². The third-order valence-electron chi connectivity index (χ3n) is 4.35. The van der Waals surface area contributed by atoms with Gasteiger partial charge in [0.25, 0.3) is 5.91 Å².